The third-order valence-electron chi connectivity index (χ3n) is 2.41. The van der Waals surface area contributed by atoms with E-state index in [9.17, 15) is 18.0 Å². The van der Waals surface area contributed by atoms with E-state index < -0.39 is 17.7 Å². The zero-order valence-electron chi connectivity index (χ0n) is 8.75. The van der Waals surface area contributed by atoms with Crippen LogP contribution in [0.1, 0.15) is 11.1 Å². The number of benzene rings is 1. The molecule has 0 amide bonds. The molecule has 1 aliphatic heterocycles. The molecule has 90 valence electrons. The van der Waals surface area contributed by atoms with Crippen molar-refractivity contribution in [3.8, 4) is 0 Å². The van der Waals surface area contributed by atoms with Crippen molar-refractivity contribution in [2.24, 2.45) is 0 Å². The van der Waals surface area contributed by atoms with Gasteiger partial charge in [-0.05, 0) is 23.6 Å². The molecule has 1 aliphatic rings. The van der Waals surface area contributed by atoms with Gasteiger partial charge < -0.3 is 4.74 Å². The van der Waals surface area contributed by atoms with Crippen molar-refractivity contribution in [3.05, 3.63) is 47.0 Å². The van der Waals surface area contributed by atoms with Gasteiger partial charge in [-0.15, -0.1) is 0 Å². The predicted octanol–water partition coefficient (Wildman–Crippen LogP) is 2.73. The van der Waals surface area contributed by atoms with Crippen LogP contribution < -0.4 is 0 Å². The molecule has 0 saturated heterocycles. The molecule has 0 saturated carbocycles. The maximum atomic E-state index is 12.5. The molecule has 2 nitrogen and oxygen atoms in total. The van der Waals surface area contributed by atoms with Crippen LogP contribution in [0, 0.1) is 0 Å². The Balaban J connectivity index is 2.17. The maximum Gasteiger partial charge on any atom is 0.416 e. The largest absolute Gasteiger partial charge is 0.458 e. The third-order valence-corrected chi connectivity index (χ3v) is 2.41. The lowest BCUT2D eigenvalue weighted by Gasteiger charge is -2.08. The van der Waals surface area contributed by atoms with Gasteiger partial charge in [0.2, 0.25) is 0 Å². The van der Waals surface area contributed by atoms with Gasteiger partial charge in [0.1, 0.15) is 6.61 Å². The molecule has 0 spiro atoms. The summed E-state index contributed by atoms with van der Waals surface area (Å²) in [6.45, 7) is 0.162. The second-order valence-electron chi connectivity index (χ2n) is 3.79. The van der Waals surface area contributed by atoms with E-state index in [1.165, 1.54) is 12.1 Å². The number of esters is 1. The van der Waals surface area contributed by atoms with Gasteiger partial charge in [-0.25, -0.2) is 4.79 Å². The molecule has 0 aromatic heterocycles. The van der Waals surface area contributed by atoms with Crippen LogP contribution in [-0.4, -0.2) is 12.6 Å². The molecule has 0 bridgehead atoms. The average molecular weight is 242 g/mol. The third kappa shape index (κ3) is 2.87. The van der Waals surface area contributed by atoms with Gasteiger partial charge >= 0.3 is 12.1 Å². The second kappa shape index (κ2) is 4.24. The Bertz CT molecular complexity index is 475. The number of halogens is 3. The van der Waals surface area contributed by atoms with Crippen LogP contribution in [0.25, 0.3) is 0 Å². The van der Waals surface area contributed by atoms with Crippen LogP contribution in [0.3, 0.4) is 0 Å². The number of alkyl halides is 3. The minimum atomic E-state index is -4.34. The fourth-order valence-electron chi connectivity index (χ4n) is 1.64. The van der Waals surface area contributed by atoms with Gasteiger partial charge in [-0.3, -0.25) is 0 Å². The number of cyclic esters (lactones) is 1. The maximum absolute atomic E-state index is 12.5. The summed E-state index contributed by atoms with van der Waals surface area (Å²) in [5, 5.41) is 0. The van der Waals surface area contributed by atoms with E-state index in [0.717, 1.165) is 12.1 Å². The van der Waals surface area contributed by atoms with E-state index in [0.29, 0.717) is 17.6 Å². The lowest BCUT2D eigenvalue weighted by Crippen LogP contribution is -2.05. The van der Waals surface area contributed by atoms with Crippen LogP contribution in [0.2, 0.25) is 0 Å². The lowest BCUT2D eigenvalue weighted by molar-refractivity contribution is -0.137. The highest BCUT2D eigenvalue weighted by Gasteiger charge is 2.30. The van der Waals surface area contributed by atoms with E-state index in [2.05, 4.69) is 4.74 Å². The summed E-state index contributed by atoms with van der Waals surface area (Å²) in [6.07, 6.45) is -2.72. The van der Waals surface area contributed by atoms with Gasteiger partial charge in [-0.2, -0.15) is 13.2 Å². The zero-order chi connectivity index (χ0) is 12.5. The van der Waals surface area contributed by atoms with Crippen molar-refractivity contribution in [1.82, 2.24) is 0 Å². The van der Waals surface area contributed by atoms with Crippen LogP contribution in [0.15, 0.2) is 35.9 Å². The Kier molecular flexibility index (Phi) is 2.92. The van der Waals surface area contributed by atoms with Crippen LogP contribution in [-0.2, 0) is 22.1 Å². The Morgan fingerprint density at radius 1 is 1.29 bits per heavy atom. The highest BCUT2D eigenvalue weighted by molar-refractivity contribution is 5.85. The number of ether oxygens (including phenoxy) is 1. The molecule has 0 unspecified atom stereocenters. The normalized spacial score (nSPS) is 15.7. The standard InChI is InChI=1S/C12H9F3O2/c13-12(14,15)10-3-1-2-8(5-10)4-9-6-11(16)17-7-9/h1-3,5-6H,4,7H2. The van der Waals surface area contributed by atoms with E-state index in [4.69, 9.17) is 0 Å². The van der Waals surface area contributed by atoms with Gasteiger partial charge in [0, 0.05) is 6.08 Å². The number of rotatable bonds is 2. The van der Waals surface area contributed by atoms with E-state index in [-0.39, 0.29) is 6.61 Å². The van der Waals surface area contributed by atoms with Gasteiger partial charge in [-0.1, -0.05) is 18.2 Å². The molecule has 0 atom stereocenters. The number of carbonyl (C=O) groups is 1. The van der Waals surface area contributed by atoms with E-state index in [1.54, 1.807) is 6.07 Å². The Morgan fingerprint density at radius 3 is 2.65 bits per heavy atom. The topological polar surface area (TPSA) is 26.3 Å². The van der Waals surface area contributed by atoms with Crippen molar-refractivity contribution in [1.29, 1.82) is 0 Å². The molecule has 2 rings (SSSR count). The van der Waals surface area contributed by atoms with Crippen molar-refractivity contribution < 1.29 is 22.7 Å². The monoisotopic (exact) mass is 242 g/mol. The first kappa shape index (κ1) is 11.7. The molecule has 1 aromatic rings. The summed E-state index contributed by atoms with van der Waals surface area (Å²) in [5.41, 5.74) is 0.527. The highest BCUT2D eigenvalue weighted by atomic mass is 19.4. The highest BCUT2D eigenvalue weighted by Crippen LogP contribution is 2.30. The summed E-state index contributed by atoms with van der Waals surface area (Å²) in [5.74, 6) is -0.438. The first-order chi connectivity index (χ1) is 7.95. The average Bonchev–Trinajstić information content (AvgIpc) is 2.63. The van der Waals surface area contributed by atoms with Gasteiger partial charge in [0.05, 0.1) is 5.56 Å². The minimum Gasteiger partial charge on any atom is -0.458 e. The van der Waals surface area contributed by atoms with Gasteiger partial charge in [0.25, 0.3) is 0 Å². The molecule has 0 radical (unpaired) electrons. The minimum absolute atomic E-state index is 0.162. The summed E-state index contributed by atoms with van der Waals surface area (Å²) in [4.78, 5) is 10.8. The smallest absolute Gasteiger partial charge is 0.416 e. The number of hydrogen-bond donors (Lipinski definition) is 0. The summed E-state index contributed by atoms with van der Waals surface area (Å²) in [7, 11) is 0. The summed E-state index contributed by atoms with van der Waals surface area (Å²) < 4.78 is 42.0. The van der Waals surface area contributed by atoms with Crippen molar-refractivity contribution in [2.75, 3.05) is 6.61 Å². The zero-order valence-corrected chi connectivity index (χ0v) is 8.75. The predicted molar refractivity (Wildman–Crippen MR) is 54.2 cm³/mol. The molecule has 0 N–H and O–H groups in total. The molecule has 1 heterocycles. The fourth-order valence-corrected chi connectivity index (χ4v) is 1.64. The van der Waals surface area contributed by atoms with Crippen molar-refractivity contribution in [3.63, 3.8) is 0 Å². The molecular weight excluding hydrogens is 233 g/mol. The Morgan fingerprint density at radius 2 is 2.06 bits per heavy atom. The Labute approximate surface area is 95.7 Å². The Hall–Kier alpha value is -1.78. The second-order valence-corrected chi connectivity index (χ2v) is 3.79. The lowest BCUT2D eigenvalue weighted by atomic mass is 10.0. The quantitative estimate of drug-likeness (QED) is 0.745. The molecule has 0 aliphatic carbocycles. The van der Waals surface area contributed by atoms with Gasteiger partial charge in [0.15, 0.2) is 0 Å². The summed E-state index contributed by atoms with van der Waals surface area (Å²) >= 11 is 0. The molecule has 5 heteroatoms. The number of carbonyl (C=O) groups excluding carboxylic acids is 1. The van der Waals surface area contributed by atoms with Crippen molar-refractivity contribution in [2.45, 2.75) is 12.6 Å². The van der Waals surface area contributed by atoms with E-state index in [1.807, 2.05) is 0 Å². The fraction of sp³-hybridized carbons (Fsp3) is 0.250. The van der Waals surface area contributed by atoms with Crippen LogP contribution in [0.5, 0.6) is 0 Å². The first-order valence-corrected chi connectivity index (χ1v) is 4.97. The molecule has 0 fully saturated rings. The number of hydrogen-bond acceptors (Lipinski definition) is 2. The molecule has 17 heavy (non-hydrogen) atoms. The van der Waals surface area contributed by atoms with E-state index >= 15 is 0 Å². The van der Waals surface area contributed by atoms with Crippen LogP contribution in [0.4, 0.5) is 13.2 Å². The summed E-state index contributed by atoms with van der Waals surface area (Å²) in [6, 6.07) is 5.06. The van der Waals surface area contributed by atoms with Crippen LogP contribution >= 0.6 is 0 Å². The molecule has 1 aromatic carbocycles. The molecular formula is C12H9F3O2. The first-order valence-electron chi connectivity index (χ1n) is 4.97. The van der Waals surface area contributed by atoms with Crippen molar-refractivity contribution >= 4 is 5.97 Å². The SMILES string of the molecule is O=C1C=C(Cc2cccc(C(F)(F)F)c2)CO1.